The molecule has 2 N–H and O–H groups in total. The smallest absolute Gasteiger partial charge is 0.270 e. The highest BCUT2D eigenvalue weighted by Gasteiger charge is 2.25. The molecule has 8 nitrogen and oxygen atoms in total. The zero-order valence-electron chi connectivity index (χ0n) is 15.7. The molecule has 1 saturated heterocycles. The molecule has 0 radical (unpaired) electrons. The number of pyridine rings is 1. The van der Waals surface area contributed by atoms with E-state index in [-0.39, 0.29) is 5.91 Å². The van der Waals surface area contributed by atoms with Gasteiger partial charge in [-0.1, -0.05) is 30.3 Å². The summed E-state index contributed by atoms with van der Waals surface area (Å²) in [5.74, 6) is -0.769. The first-order valence-electron chi connectivity index (χ1n) is 9.16. The van der Waals surface area contributed by atoms with Crippen LogP contribution in [0, 0.1) is 6.92 Å². The van der Waals surface area contributed by atoms with Crippen LogP contribution in [-0.2, 0) is 16.6 Å². The molecule has 4 rings (SSSR count). The first-order valence-corrected chi connectivity index (χ1v) is 9.16. The fourth-order valence-corrected chi connectivity index (χ4v) is 3.43. The minimum absolute atomic E-state index is 0.345. The standard InChI is InChI=1S/C20H21N5O3/c1-12-17-14(19(26)22-23-20(27)16-9-6-10-28-16)11-15(13-7-4-3-5-8-13)21-18(17)25(2)24-12/h3-5,7-8,11,16H,6,9-10H2,1-2H3,(H,22,26)(H,23,27). The van der Waals surface area contributed by atoms with Gasteiger partial charge in [0.05, 0.1) is 22.3 Å². The zero-order chi connectivity index (χ0) is 19.7. The van der Waals surface area contributed by atoms with Crippen LogP contribution in [0.4, 0.5) is 0 Å². The van der Waals surface area contributed by atoms with Crippen molar-refractivity contribution in [2.45, 2.75) is 25.9 Å². The van der Waals surface area contributed by atoms with Crippen LogP contribution < -0.4 is 10.9 Å². The number of hydrogen-bond donors (Lipinski definition) is 2. The molecule has 1 aliphatic heterocycles. The number of nitrogens with one attached hydrogen (secondary N) is 2. The van der Waals surface area contributed by atoms with Gasteiger partial charge >= 0.3 is 0 Å². The highest BCUT2D eigenvalue weighted by Crippen LogP contribution is 2.26. The number of hydrazine groups is 1. The Morgan fingerprint density at radius 3 is 2.71 bits per heavy atom. The van der Waals surface area contributed by atoms with E-state index < -0.39 is 12.0 Å². The van der Waals surface area contributed by atoms with Crippen LogP contribution >= 0.6 is 0 Å². The fourth-order valence-electron chi connectivity index (χ4n) is 3.43. The Labute approximate surface area is 161 Å². The van der Waals surface area contributed by atoms with Gasteiger partial charge in [0.1, 0.15) is 6.10 Å². The third kappa shape index (κ3) is 3.34. The number of ether oxygens (including phenoxy) is 1. The van der Waals surface area contributed by atoms with Gasteiger partial charge in [-0.05, 0) is 25.8 Å². The lowest BCUT2D eigenvalue weighted by Gasteiger charge is -2.12. The summed E-state index contributed by atoms with van der Waals surface area (Å²) in [6.07, 6.45) is 0.977. The Kier molecular flexibility index (Phi) is 4.79. The number of nitrogens with zero attached hydrogens (tertiary/aromatic N) is 3. The van der Waals surface area contributed by atoms with E-state index in [2.05, 4.69) is 20.9 Å². The molecule has 28 heavy (non-hydrogen) atoms. The van der Waals surface area contributed by atoms with E-state index in [1.807, 2.05) is 37.3 Å². The van der Waals surface area contributed by atoms with Gasteiger partial charge in [-0.3, -0.25) is 25.1 Å². The van der Waals surface area contributed by atoms with Crippen molar-refractivity contribution in [3.63, 3.8) is 0 Å². The van der Waals surface area contributed by atoms with Crippen molar-refractivity contribution in [1.82, 2.24) is 25.6 Å². The Balaban J connectivity index is 1.68. The number of hydrogen-bond acceptors (Lipinski definition) is 5. The second kappa shape index (κ2) is 7.40. The second-order valence-electron chi connectivity index (χ2n) is 6.77. The summed E-state index contributed by atoms with van der Waals surface area (Å²) in [6, 6.07) is 11.3. The summed E-state index contributed by atoms with van der Waals surface area (Å²) < 4.78 is 6.99. The molecule has 3 aromatic rings. The molecule has 0 bridgehead atoms. The number of amides is 2. The first-order chi connectivity index (χ1) is 13.5. The molecule has 2 aromatic heterocycles. The van der Waals surface area contributed by atoms with Crippen LogP contribution in [0.15, 0.2) is 36.4 Å². The SMILES string of the molecule is Cc1nn(C)c2nc(-c3ccccc3)cc(C(=O)NNC(=O)C3CCCO3)c12. The Morgan fingerprint density at radius 2 is 2.00 bits per heavy atom. The third-order valence-corrected chi connectivity index (χ3v) is 4.80. The lowest BCUT2D eigenvalue weighted by atomic mass is 10.1. The van der Waals surface area contributed by atoms with Crippen molar-refractivity contribution in [2.75, 3.05) is 6.61 Å². The molecule has 1 unspecified atom stereocenters. The van der Waals surface area contributed by atoms with Crippen molar-refractivity contribution >= 4 is 22.8 Å². The number of aryl methyl sites for hydroxylation is 2. The van der Waals surface area contributed by atoms with Crippen LogP contribution in [0.1, 0.15) is 28.9 Å². The largest absolute Gasteiger partial charge is 0.368 e. The van der Waals surface area contributed by atoms with Gasteiger partial charge in [0.2, 0.25) is 0 Å². The van der Waals surface area contributed by atoms with Crippen LogP contribution in [-0.4, -0.2) is 39.3 Å². The lowest BCUT2D eigenvalue weighted by molar-refractivity contribution is -0.130. The van der Waals surface area contributed by atoms with E-state index in [1.54, 1.807) is 17.8 Å². The average molecular weight is 379 g/mol. The molecular formula is C20H21N5O3. The molecule has 1 atom stereocenters. The number of benzene rings is 1. The number of carbonyl (C=O) groups excluding carboxylic acids is 2. The van der Waals surface area contributed by atoms with Gasteiger partial charge in [0.15, 0.2) is 5.65 Å². The predicted molar refractivity (Wildman–Crippen MR) is 103 cm³/mol. The van der Waals surface area contributed by atoms with Gasteiger partial charge in [-0.2, -0.15) is 5.10 Å². The molecule has 144 valence electrons. The minimum atomic E-state index is -0.516. The van der Waals surface area contributed by atoms with Crippen molar-refractivity contribution in [2.24, 2.45) is 7.05 Å². The normalized spacial score (nSPS) is 16.3. The van der Waals surface area contributed by atoms with Crippen molar-refractivity contribution in [3.05, 3.63) is 47.7 Å². The van der Waals surface area contributed by atoms with Gasteiger partial charge in [0, 0.05) is 19.2 Å². The quantitative estimate of drug-likeness (QED) is 0.677. The molecule has 0 aliphatic carbocycles. The zero-order valence-corrected chi connectivity index (χ0v) is 15.7. The number of aromatic nitrogens is 3. The molecule has 3 heterocycles. The molecule has 8 heteroatoms. The molecule has 1 aromatic carbocycles. The Hall–Kier alpha value is -3.26. The summed E-state index contributed by atoms with van der Waals surface area (Å²) in [7, 11) is 1.79. The highest BCUT2D eigenvalue weighted by molar-refractivity contribution is 6.08. The maximum absolute atomic E-state index is 12.9. The molecular weight excluding hydrogens is 358 g/mol. The molecule has 1 fully saturated rings. The Morgan fingerprint density at radius 1 is 1.21 bits per heavy atom. The molecule has 1 aliphatic rings. The summed E-state index contributed by atoms with van der Waals surface area (Å²) in [5, 5.41) is 5.05. The van der Waals surface area contributed by atoms with Crippen molar-refractivity contribution < 1.29 is 14.3 Å². The van der Waals surface area contributed by atoms with Gasteiger partial charge < -0.3 is 4.74 Å². The number of carbonyl (C=O) groups is 2. The van der Waals surface area contributed by atoms with E-state index in [4.69, 9.17) is 4.74 Å². The van der Waals surface area contributed by atoms with Crippen LogP contribution in [0.2, 0.25) is 0 Å². The Bertz CT molecular complexity index is 1040. The highest BCUT2D eigenvalue weighted by atomic mass is 16.5. The monoisotopic (exact) mass is 379 g/mol. The predicted octanol–water partition coefficient (Wildman–Crippen LogP) is 1.88. The van der Waals surface area contributed by atoms with Crippen LogP contribution in [0.25, 0.3) is 22.3 Å². The fraction of sp³-hybridized carbons (Fsp3) is 0.300. The summed E-state index contributed by atoms with van der Waals surface area (Å²) >= 11 is 0. The second-order valence-corrected chi connectivity index (χ2v) is 6.77. The van der Waals surface area contributed by atoms with Gasteiger partial charge in [-0.15, -0.1) is 0 Å². The molecule has 0 saturated carbocycles. The third-order valence-electron chi connectivity index (χ3n) is 4.80. The van der Waals surface area contributed by atoms with Crippen LogP contribution in [0.3, 0.4) is 0 Å². The van der Waals surface area contributed by atoms with E-state index in [0.29, 0.717) is 41.0 Å². The first kappa shape index (κ1) is 18.1. The summed E-state index contributed by atoms with van der Waals surface area (Å²) in [4.78, 5) is 29.7. The summed E-state index contributed by atoms with van der Waals surface area (Å²) in [5.41, 5.74) is 8.22. The van der Waals surface area contributed by atoms with Gasteiger partial charge in [-0.25, -0.2) is 4.98 Å². The van der Waals surface area contributed by atoms with E-state index in [1.165, 1.54) is 0 Å². The number of rotatable bonds is 3. The van der Waals surface area contributed by atoms with Crippen LogP contribution in [0.5, 0.6) is 0 Å². The summed E-state index contributed by atoms with van der Waals surface area (Å²) in [6.45, 7) is 2.39. The lowest BCUT2D eigenvalue weighted by Crippen LogP contribution is -2.46. The average Bonchev–Trinajstić information content (AvgIpc) is 3.35. The van der Waals surface area contributed by atoms with Gasteiger partial charge in [0.25, 0.3) is 11.8 Å². The van der Waals surface area contributed by atoms with Crippen molar-refractivity contribution in [3.8, 4) is 11.3 Å². The van der Waals surface area contributed by atoms with E-state index in [9.17, 15) is 9.59 Å². The van der Waals surface area contributed by atoms with Crippen molar-refractivity contribution in [1.29, 1.82) is 0 Å². The number of fused-ring (bicyclic) bond motifs is 1. The topological polar surface area (TPSA) is 98.1 Å². The molecule has 2 amide bonds. The maximum Gasteiger partial charge on any atom is 0.270 e. The maximum atomic E-state index is 12.9. The van der Waals surface area contributed by atoms with E-state index >= 15 is 0 Å². The minimum Gasteiger partial charge on any atom is -0.368 e. The molecule has 0 spiro atoms. The van der Waals surface area contributed by atoms with E-state index in [0.717, 1.165) is 12.0 Å².